The number of nitrogens with zero attached hydrogens (tertiary/aromatic N) is 4. The molecule has 0 radical (unpaired) electrons. The van der Waals surface area contributed by atoms with Crippen molar-refractivity contribution in [3.05, 3.63) is 29.2 Å². The number of hydrogen-bond donors (Lipinski definition) is 3. The number of anilines is 1. The second-order valence-corrected chi connectivity index (χ2v) is 3.82. The molecule has 9 heteroatoms. The number of carbonyl (C=O) groups excluding carboxylic acids is 1. The number of nitrogen functional groups attached to an aromatic ring is 1. The molecule has 92 valence electrons. The van der Waals surface area contributed by atoms with Crippen molar-refractivity contribution >= 4 is 34.2 Å². The molecular formula is C9H9N7OS. The fourth-order valence-electron chi connectivity index (χ4n) is 1.12. The molecule has 0 bridgehead atoms. The SMILES string of the molecule is NC(=O)c1cscn1.Nc1ncnc2[nH]cnc12. The molecule has 3 aromatic rings. The molecule has 3 rings (SSSR count). The lowest BCUT2D eigenvalue weighted by molar-refractivity contribution is 0.0996. The summed E-state index contributed by atoms with van der Waals surface area (Å²) in [5.74, 6) is -0.0579. The van der Waals surface area contributed by atoms with Gasteiger partial charge in [0.25, 0.3) is 5.91 Å². The Morgan fingerprint density at radius 3 is 2.67 bits per heavy atom. The largest absolute Gasteiger partial charge is 0.382 e. The maximum absolute atomic E-state index is 10.2. The molecule has 0 saturated heterocycles. The molecule has 0 aliphatic heterocycles. The standard InChI is InChI=1S/C5H5N5.C4H4N2OS/c6-4-3-5(9-1-7-3)10-2-8-4;5-4(7)3-1-8-2-6-3/h1-2H,(H3,6,7,8,9,10);1-2H,(H2,5,7). The van der Waals surface area contributed by atoms with Gasteiger partial charge < -0.3 is 16.5 Å². The Morgan fingerprint density at radius 2 is 2.11 bits per heavy atom. The predicted molar refractivity (Wildman–Crippen MR) is 66.7 cm³/mol. The zero-order valence-electron chi connectivity index (χ0n) is 9.07. The molecule has 0 fully saturated rings. The minimum atomic E-state index is -0.466. The van der Waals surface area contributed by atoms with Gasteiger partial charge in [0.2, 0.25) is 0 Å². The van der Waals surface area contributed by atoms with Crippen LogP contribution in [0.4, 0.5) is 5.82 Å². The number of thiazole rings is 1. The number of rotatable bonds is 1. The topological polar surface area (TPSA) is 136 Å². The normalized spacial score (nSPS) is 9.78. The number of imidazole rings is 1. The van der Waals surface area contributed by atoms with E-state index >= 15 is 0 Å². The third-order valence-electron chi connectivity index (χ3n) is 1.93. The molecule has 0 aromatic carbocycles. The Labute approximate surface area is 105 Å². The van der Waals surface area contributed by atoms with E-state index in [4.69, 9.17) is 11.5 Å². The molecule has 0 unspecified atom stereocenters. The number of aromatic nitrogens is 5. The second-order valence-electron chi connectivity index (χ2n) is 3.10. The summed E-state index contributed by atoms with van der Waals surface area (Å²) in [6.07, 6.45) is 2.94. The van der Waals surface area contributed by atoms with Crippen LogP contribution in [0.2, 0.25) is 0 Å². The van der Waals surface area contributed by atoms with Crippen LogP contribution < -0.4 is 11.5 Å². The first-order valence-corrected chi connectivity index (χ1v) is 5.70. The van der Waals surface area contributed by atoms with Crippen molar-refractivity contribution in [2.75, 3.05) is 5.73 Å². The van der Waals surface area contributed by atoms with Gasteiger partial charge in [-0.2, -0.15) is 0 Å². The molecule has 18 heavy (non-hydrogen) atoms. The molecule has 1 amide bonds. The van der Waals surface area contributed by atoms with E-state index in [-0.39, 0.29) is 0 Å². The van der Waals surface area contributed by atoms with Gasteiger partial charge >= 0.3 is 0 Å². The summed E-state index contributed by atoms with van der Waals surface area (Å²) in [6.45, 7) is 0. The van der Waals surface area contributed by atoms with Crippen molar-refractivity contribution in [1.82, 2.24) is 24.9 Å². The Balaban J connectivity index is 0.000000138. The van der Waals surface area contributed by atoms with E-state index in [1.807, 2.05) is 0 Å². The minimum absolute atomic E-state index is 0.343. The number of nitrogens with two attached hydrogens (primary N) is 2. The van der Waals surface area contributed by atoms with Gasteiger partial charge in [-0.1, -0.05) is 0 Å². The maximum atomic E-state index is 10.2. The van der Waals surface area contributed by atoms with Gasteiger partial charge in [0.15, 0.2) is 11.5 Å². The number of fused-ring (bicyclic) bond motifs is 1. The van der Waals surface area contributed by atoms with Crippen LogP contribution in [0.15, 0.2) is 23.5 Å². The third-order valence-corrected chi connectivity index (χ3v) is 2.52. The van der Waals surface area contributed by atoms with E-state index in [1.54, 1.807) is 10.9 Å². The molecule has 3 aromatic heterocycles. The molecular weight excluding hydrogens is 254 g/mol. The highest BCUT2D eigenvalue weighted by molar-refractivity contribution is 7.07. The minimum Gasteiger partial charge on any atom is -0.382 e. The molecule has 0 aliphatic rings. The number of amides is 1. The Kier molecular flexibility index (Phi) is 3.44. The van der Waals surface area contributed by atoms with Crippen LogP contribution in [0.5, 0.6) is 0 Å². The van der Waals surface area contributed by atoms with Crippen molar-refractivity contribution in [3.8, 4) is 0 Å². The fraction of sp³-hybridized carbons (Fsp3) is 0. The van der Waals surface area contributed by atoms with Crippen molar-refractivity contribution < 1.29 is 4.79 Å². The van der Waals surface area contributed by atoms with Gasteiger partial charge in [0, 0.05) is 5.38 Å². The van der Waals surface area contributed by atoms with Gasteiger partial charge in [0.1, 0.15) is 17.5 Å². The molecule has 3 heterocycles. The molecule has 0 aliphatic carbocycles. The number of aromatic amines is 1. The van der Waals surface area contributed by atoms with Crippen LogP contribution in [0, 0.1) is 0 Å². The van der Waals surface area contributed by atoms with Gasteiger partial charge in [-0.3, -0.25) is 4.79 Å². The van der Waals surface area contributed by atoms with Crippen molar-refractivity contribution in [1.29, 1.82) is 0 Å². The fourth-order valence-corrected chi connectivity index (χ4v) is 1.66. The van der Waals surface area contributed by atoms with Gasteiger partial charge in [-0.25, -0.2) is 19.9 Å². The summed E-state index contributed by atoms with van der Waals surface area (Å²) in [5, 5.41) is 1.61. The number of carbonyl (C=O) groups is 1. The summed E-state index contributed by atoms with van der Waals surface area (Å²) >= 11 is 1.36. The average molecular weight is 263 g/mol. The van der Waals surface area contributed by atoms with Crippen LogP contribution in [0.25, 0.3) is 11.2 Å². The highest BCUT2D eigenvalue weighted by atomic mass is 32.1. The van der Waals surface area contributed by atoms with Gasteiger partial charge in [-0.15, -0.1) is 11.3 Å². The summed E-state index contributed by atoms with van der Waals surface area (Å²) in [5.41, 5.74) is 13.5. The van der Waals surface area contributed by atoms with Crippen molar-refractivity contribution in [2.45, 2.75) is 0 Å². The summed E-state index contributed by atoms with van der Waals surface area (Å²) < 4.78 is 0. The average Bonchev–Trinajstić information content (AvgIpc) is 3.02. The molecule has 0 atom stereocenters. The zero-order valence-corrected chi connectivity index (χ0v) is 9.89. The summed E-state index contributed by atoms with van der Waals surface area (Å²) in [7, 11) is 0. The Hall–Kier alpha value is -2.55. The lowest BCUT2D eigenvalue weighted by atomic mass is 10.5. The molecule has 5 N–H and O–H groups in total. The first-order chi connectivity index (χ1) is 8.68. The van der Waals surface area contributed by atoms with Gasteiger partial charge in [0.05, 0.1) is 11.8 Å². The monoisotopic (exact) mass is 263 g/mol. The zero-order chi connectivity index (χ0) is 13.0. The Bertz CT molecular complexity index is 648. The highest BCUT2D eigenvalue weighted by Crippen LogP contribution is 2.09. The van der Waals surface area contributed by atoms with Crippen molar-refractivity contribution in [3.63, 3.8) is 0 Å². The van der Waals surface area contributed by atoms with E-state index in [2.05, 4.69) is 24.9 Å². The van der Waals surface area contributed by atoms with E-state index < -0.39 is 5.91 Å². The van der Waals surface area contributed by atoms with Crippen LogP contribution in [-0.4, -0.2) is 30.8 Å². The first-order valence-electron chi connectivity index (χ1n) is 4.76. The summed E-state index contributed by atoms with van der Waals surface area (Å²) in [4.78, 5) is 28.3. The molecule has 8 nitrogen and oxygen atoms in total. The van der Waals surface area contributed by atoms with Crippen molar-refractivity contribution in [2.24, 2.45) is 5.73 Å². The number of primary amides is 1. The van der Waals surface area contributed by atoms with E-state index in [0.29, 0.717) is 22.7 Å². The maximum Gasteiger partial charge on any atom is 0.268 e. The van der Waals surface area contributed by atoms with Crippen LogP contribution in [-0.2, 0) is 0 Å². The van der Waals surface area contributed by atoms with E-state index in [9.17, 15) is 4.79 Å². The number of hydrogen-bond acceptors (Lipinski definition) is 7. The smallest absolute Gasteiger partial charge is 0.268 e. The highest BCUT2D eigenvalue weighted by Gasteiger charge is 1.99. The van der Waals surface area contributed by atoms with Gasteiger partial charge in [-0.05, 0) is 0 Å². The van der Waals surface area contributed by atoms with Crippen LogP contribution in [0.3, 0.4) is 0 Å². The predicted octanol–water partition coefficient (Wildman–Crippen LogP) is 0.177. The lowest BCUT2D eigenvalue weighted by Crippen LogP contribution is -2.10. The van der Waals surface area contributed by atoms with E-state index in [0.717, 1.165) is 0 Å². The van der Waals surface area contributed by atoms with E-state index in [1.165, 1.54) is 24.0 Å². The third kappa shape index (κ3) is 2.58. The number of H-pyrrole nitrogens is 1. The number of nitrogens with one attached hydrogen (secondary N) is 1. The quantitative estimate of drug-likeness (QED) is 0.572. The van der Waals surface area contributed by atoms with Crippen LogP contribution in [0.1, 0.15) is 10.5 Å². The second kappa shape index (κ2) is 5.19. The lowest BCUT2D eigenvalue weighted by Gasteiger charge is -1.88. The molecule has 0 saturated carbocycles. The Morgan fingerprint density at radius 1 is 1.28 bits per heavy atom. The molecule has 0 spiro atoms. The summed E-state index contributed by atoms with van der Waals surface area (Å²) in [6, 6.07) is 0. The first kappa shape index (κ1) is 11.9. The van der Waals surface area contributed by atoms with Crippen LogP contribution >= 0.6 is 11.3 Å².